The summed E-state index contributed by atoms with van der Waals surface area (Å²) in [5.41, 5.74) is 1.21. The minimum absolute atomic E-state index is 0.145. The predicted octanol–water partition coefficient (Wildman–Crippen LogP) is 1.52. The van der Waals surface area contributed by atoms with Crippen LogP contribution in [-0.4, -0.2) is 36.7 Å². The van der Waals surface area contributed by atoms with Crippen molar-refractivity contribution in [3.63, 3.8) is 0 Å². The molecule has 2 bridgehead atoms. The van der Waals surface area contributed by atoms with E-state index in [9.17, 15) is 4.79 Å². The lowest BCUT2D eigenvalue weighted by Gasteiger charge is -2.27. The zero-order chi connectivity index (χ0) is 14.2. The highest BCUT2D eigenvalue weighted by Crippen LogP contribution is 2.33. The number of ether oxygens (including phenoxy) is 2. The molecule has 0 aliphatic carbocycles. The summed E-state index contributed by atoms with van der Waals surface area (Å²) in [5.74, 6) is 2.04. The van der Waals surface area contributed by atoms with Crippen molar-refractivity contribution in [2.24, 2.45) is 5.92 Å². The van der Waals surface area contributed by atoms with Crippen molar-refractivity contribution in [2.75, 3.05) is 19.9 Å². The summed E-state index contributed by atoms with van der Waals surface area (Å²) in [6, 6.07) is 6.42. The fraction of sp³-hybridized carbons (Fsp3) is 0.562. The summed E-state index contributed by atoms with van der Waals surface area (Å²) in [5, 5.41) is 3.17. The fourth-order valence-corrected chi connectivity index (χ4v) is 3.57. The van der Waals surface area contributed by atoms with Gasteiger partial charge in [0.15, 0.2) is 11.5 Å². The smallest absolute Gasteiger partial charge is 0.231 e. The highest BCUT2D eigenvalue weighted by molar-refractivity contribution is 5.79. The maximum atomic E-state index is 12.1. The molecule has 112 valence electrons. The van der Waals surface area contributed by atoms with E-state index in [2.05, 4.69) is 22.3 Å². The molecule has 0 radical (unpaired) electrons. The van der Waals surface area contributed by atoms with Crippen molar-refractivity contribution in [3.8, 4) is 11.5 Å². The average Bonchev–Trinajstić information content (AvgIpc) is 2.77. The molecule has 0 spiro atoms. The summed E-state index contributed by atoms with van der Waals surface area (Å²) < 4.78 is 10.8. The van der Waals surface area contributed by atoms with Crippen LogP contribution in [0.3, 0.4) is 0 Å². The minimum atomic E-state index is 0.145. The fourth-order valence-electron chi connectivity index (χ4n) is 3.57. The van der Waals surface area contributed by atoms with E-state index in [1.165, 1.54) is 5.56 Å². The minimum Gasteiger partial charge on any atom is -0.454 e. The van der Waals surface area contributed by atoms with Gasteiger partial charge in [0.25, 0.3) is 0 Å². The Bertz CT molecular complexity index is 560. The molecule has 0 aromatic heterocycles. The number of amides is 1. The number of hydrogen-bond donors (Lipinski definition) is 1. The highest BCUT2D eigenvalue weighted by Gasteiger charge is 2.32. The third kappa shape index (κ3) is 2.58. The van der Waals surface area contributed by atoms with Gasteiger partial charge in [-0.1, -0.05) is 12.5 Å². The van der Waals surface area contributed by atoms with E-state index in [1.54, 1.807) is 0 Å². The molecule has 0 saturated carbocycles. The van der Waals surface area contributed by atoms with Crippen molar-refractivity contribution < 1.29 is 14.3 Å². The van der Waals surface area contributed by atoms with Crippen LogP contribution in [0, 0.1) is 5.92 Å². The molecule has 21 heavy (non-hydrogen) atoms. The topological polar surface area (TPSA) is 50.8 Å². The molecule has 3 aliphatic rings. The SMILES string of the molecule is O=C1N[C@H]2CCC[C@@H]1CN(Cc1ccc3c(c1)OCO3)C2. The molecule has 1 aromatic carbocycles. The summed E-state index contributed by atoms with van der Waals surface area (Å²) in [6.45, 7) is 2.97. The average molecular weight is 288 g/mol. The van der Waals surface area contributed by atoms with Gasteiger partial charge >= 0.3 is 0 Å². The maximum Gasteiger partial charge on any atom is 0.231 e. The van der Waals surface area contributed by atoms with Gasteiger partial charge in [0.2, 0.25) is 12.7 Å². The lowest BCUT2D eigenvalue weighted by molar-refractivity contribution is -0.124. The number of nitrogens with one attached hydrogen (secondary N) is 1. The summed E-state index contributed by atoms with van der Waals surface area (Å²) in [7, 11) is 0. The maximum absolute atomic E-state index is 12.1. The third-order valence-electron chi connectivity index (χ3n) is 4.62. The molecule has 3 aliphatic heterocycles. The molecule has 4 rings (SSSR count). The third-order valence-corrected chi connectivity index (χ3v) is 4.62. The standard InChI is InChI=1S/C16H20N2O3/c19-16-12-2-1-3-13(17-16)9-18(8-12)7-11-4-5-14-15(6-11)21-10-20-14/h4-6,12-13H,1-3,7-10H2,(H,17,19)/t12-,13+/m1/s1. The monoisotopic (exact) mass is 288 g/mol. The number of likely N-dealkylation sites (tertiary alicyclic amines) is 1. The molecular formula is C16H20N2O3. The molecule has 2 fully saturated rings. The van der Waals surface area contributed by atoms with Gasteiger partial charge in [0.1, 0.15) is 0 Å². The van der Waals surface area contributed by atoms with E-state index < -0.39 is 0 Å². The van der Waals surface area contributed by atoms with Gasteiger partial charge in [-0.15, -0.1) is 0 Å². The lowest BCUT2D eigenvalue weighted by Crippen LogP contribution is -2.38. The summed E-state index contributed by atoms with van der Waals surface area (Å²) >= 11 is 0. The van der Waals surface area contributed by atoms with E-state index in [0.29, 0.717) is 12.8 Å². The van der Waals surface area contributed by atoms with E-state index in [0.717, 1.165) is 50.4 Å². The molecule has 5 heteroatoms. The van der Waals surface area contributed by atoms with Crippen molar-refractivity contribution >= 4 is 5.91 Å². The van der Waals surface area contributed by atoms with Crippen LogP contribution in [0.2, 0.25) is 0 Å². The second kappa shape index (κ2) is 5.22. The Morgan fingerprint density at radius 2 is 2.10 bits per heavy atom. The first-order valence-electron chi connectivity index (χ1n) is 7.69. The van der Waals surface area contributed by atoms with E-state index in [1.807, 2.05) is 6.07 Å². The van der Waals surface area contributed by atoms with Crippen LogP contribution in [0.15, 0.2) is 18.2 Å². The molecule has 1 N–H and O–H groups in total. The molecule has 5 nitrogen and oxygen atoms in total. The first kappa shape index (κ1) is 13.0. The van der Waals surface area contributed by atoms with Crippen molar-refractivity contribution in [3.05, 3.63) is 23.8 Å². The largest absolute Gasteiger partial charge is 0.454 e. The Kier molecular flexibility index (Phi) is 3.22. The lowest BCUT2D eigenvalue weighted by atomic mass is 9.99. The second-order valence-corrected chi connectivity index (χ2v) is 6.22. The van der Waals surface area contributed by atoms with E-state index >= 15 is 0 Å². The Balaban J connectivity index is 1.50. The van der Waals surface area contributed by atoms with Gasteiger partial charge in [-0.2, -0.15) is 0 Å². The van der Waals surface area contributed by atoms with Crippen molar-refractivity contribution in [1.29, 1.82) is 0 Å². The number of nitrogens with zero attached hydrogens (tertiary/aromatic N) is 1. The number of hydrogen-bond acceptors (Lipinski definition) is 4. The van der Waals surface area contributed by atoms with Crippen LogP contribution in [0.4, 0.5) is 0 Å². The molecule has 3 heterocycles. The molecule has 2 saturated heterocycles. The zero-order valence-electron chi connectivity index (χ0n) is 12.0. The molecule has 2 atom stereocenters. The predicted molar refractivity (Wildman–Crippen MR) is 77.1 cm³/mol. The summed E-state index contributed by atoms with van der Waals surface area (Å²) in [6.07, 6.45) is 3.27. The Hall–Kier alpha value is -1.75. The Morgan fingerprint density at radius 3 is 3.05 bits per heavy atom. The number of rotatable bonds is 2. The van der Waals surface area contributed by atoms with E-state index in [-0.39, 0.29) is 11.8 Å². The molecule has 0 unspecified atom stereocenters. The van der Waals surface area contributed by atoms with Gasteiger partial charge in [-0.05, 0) is 30.5 Å². The first-order chi connectivity index (χ1) is 10.3. The van der Waals surface area contributed by atoms with Crippen LogP contribution in [-0.2, 0) is 11.3 Å². The molecule has 1 aromatic rings. The Labute approximate surface area is 124 Å². The summed E-state index contributed by atoms with van der Waals surface area (Å²) in [4.78, 5) is 14.5. The van der Waals surface area contributed by atoms with Crippen molar-refractivity contribution in [1.82, 2.24) is 10.2 Å². The van der Waals surface area contributed by atoms with Crippen LogP contribution >= 0.6 is 0 Å². The Morgan fingerprint density at radius 1 is 1.19 bits per heavy atom. The van der Waals surface area contributed by atoms with Gasteiger partial charge in [-0.3, -0.25) is 9.69 Å². The van der Waals surface area contributed by atoms with Gasteiger partial charge in [-0.25, -0.2) is 0 Å². The zero-order valence-corrected chi connectivity index (χ0v) is 12.0. The number of benzene rings is 1. The van der Waals surface area contributed by atoms with Crippen LogP contribution in [0.1, 0.15) is 24.8 Å². The first-order valence-corrected chi connectivity index (χ1v) is 7.69. The van der Waals surface area contributed by atoms with Gasteiger partial charge in [0, 0.05) is 25.7 Å². The normalized spacial score (nSPS) is 28.1. The van der Waals surface area contributed by atoms with Crippen LogP contribution in [0.25, 0.3) is 0 Å². The van der Waals surface area contributed by atoms with Crippen LogP contribution in [0.5, 0.6) is 11.5 Å². The van der Waals surface area contributed by atoms with E-state index in [4.69, 9.17) is 9.47 Å². The molecular weight excluding hydrogens is 268 g/mol. The van der Waals surface area contributed by atoms with Gasteiger partial charge < -0.3 is 14.8 Å². The number of carbonyl (C=O) groups is 1. The van der Waals surface area contributed by atoms with Crippen molar-refractivity contribution in [2.45, 2.75) is 31.8 Å². The van der Waals surface area contributed by atoms with Gasteiger partial charge in [0.05, 0.1) is 5.92 Å². The van der Waals surface area contributed by atoms with Crippen LogP contribution < -0.4 is 14.8 Å². The quantitative estimate of drug-likeness (QED) is 0.896. The number of carbonyl (C=O) groups excluding carboxylic acids is 1. The number of fused-ring (bicyclic) bond motifs is 4. The highest BCUT2D eigenvalue weighted by atomic mass is 16.7. The molecule has 1 amide bonds. The second-order valence-electron chi connectivity index (χ2n) is 6.22.